The van der Waals surface area contributed by atoms with Gasteiger partial charge in [0.05, 0.1) is 0 Å². The Morgan fingerprint density at radius 3 is 2.65 bits per heavy atom. The van der Waals surface area contributed by atoms with Crippen LogP contribution in [0.25, 0.3) is 0 Å². The van der Waals surface area contributed by atoms with Gasteiger partial charge in [0.15, 0.2) is 0 Å². The zero-order valence-electron chi connectivity index (χ0n) is 10.3. The van der Waals surface area contributed by atoms with E-state index in [2.05, 4.69) is 27.5 Å². The van der Waals surface area contributed by atoms with Gasteiger partial charge in [0.1, 0.15) is 18.0 Å². The van der Waals surface area contributed by atoms with Crippen molar-refractivity contribution < 1.29 is 0 Å². The highest BCUT2D eigenvalue weighted by atomic mass is 15.1. The Hall–Kier alpha value is -1.36. The zero-order valence-corrected chi connectivity index (χ0v) is 10.3. The summed E-state index contributed by atoms with van der Waals surface area (Å²) < 4.78 is 0. The van der Waals surface area contributed by atoms with E-state index in [4.69, 9.17) is 5.73 Å². The molecule has 1 fully saturated rings. The van der Waals surface area contributed by atoms with Crippen LogP contribution in [0.2, 0.25) is 0 Å². The summed E-state index contributed by atoms with van der Waals surface area (Å²) >= 11 is 0. The second-order valence-electron chi connectivity index (χ2n) is 4.57. The second-order valence-corrected chi connectivity index (χ2v) is 4.57. The third kappa shape index (κ3) is 3.56. The molecule has 0 saturated heterocycles. The van der Waals surface area contributed by atoms with Crippen LogP contribution in [0.4, 0.5) is 11.6 Å². The van der Waals surface area contributed by atoms with E-state index >= 15 is 0 Å². The van der Waals surface area contributed by atoms with Crippen molar-refractivity contribution in [1.29, 1.82) is 0 Å². The number of nitrogens with two attached hydrogens (primary N) is 1. The first-order valence-electron chi connectivity index (χ1n) is 6.36. The molecule has 0 aliphatic heterocycles. The highest BCUT2D eigenvalue weighted by Gasteiger charge is 2.18. The van der Waals surface area contributed by atoms with Gasteiger partial charge in [-0.05, 0) is 32.6 Å². The average Bonchev–Trinajstić information content (AvgIpc) is 2.33. The van der Waals surface area contributed by atoms with Crippen LogP contribution in [0.5, 0.6) is 0 Å². The van der Waals surface area contributed by atoms with Crippen LogP contribution >= 0.6 is 0 Å². The fourth-order valence-electron chi connectivity index (χ4n) is 2.19. The molecule has 1 aliphatic rings. The first-order valence-corrected chi connectivity index (χ1v) is 6.36. The molecule has 0 bridgehead atoms. The quantitative estimate of drug-likeness (QED) is 0.739. The summed E-state index contributed by atoms with van der Waals surface area (Å²) in [6.45, 7) is 2.92. The van der Waals surface area contributed by atoms with Gasteiger partial charge < -0.3 is 16.4 Å². The van der Waals surface area contributed by atoms with Gasteiger partial charge >= 0.3 is 0 Å². The Balaban J connectivity index is 1.91. The molecule has 1 aromatic rings. The smallest absolute Gasteiger partial charge is 0.131 e. The third-order valence-electron chi connectivity index (χ3n) is 3.15. The Morgan fingerprint density at radius 2 is 1.94 bits per heavy atom. The van der Waals surface area contributed by atoms with Crippen molar-refractivity contribution in [3.63, 3.8) is 0 Å². The van der Waals surface area contributed by atoms with Crippen LogP contribution in [-0.2, 0) is 0 Å². The number of nitrogens with one attached hydrogen (secondary N) is 2. The molecule has 94 valence electrons. The van der Waals surface area contributed by atoms with E-state index in [1.165, 1.54) is 0 Å². The third-order valence-corrected chi connectivity index (χ3v) is 3.15. The van der Waals surface area contributed by atoms with Crippen molar-refractivity contribution in [1.82, 2.24) is 9.97 Å². The topological polar surface area (TPSA) is 75.9 Å². The summed E-state index contributed by atoms with van der Waals surface area (Å²) in [7, 11) is 0. The van der Waals surface area contributed by atoms with E-state index in [9.17, 15) is 0 Å². The van der Waals surface area contributed by atoms with Gasteiger partial charge in [0.2, 0.25) is 0 Å². The first kappa shape index (κ1) is 12.1. The van der Waals surface area contributed by atoms with Crippen LogP contribution in [0.1, 0.15) is 32.6 Å². The maximum absolute atomic E-state index is 5.89. The standard InChI is InChI=1S/C12H21N5/c1-2-14-11-7-12(16-8-15-11)17-10-5-3-9(13)4-6-10/h7-10H,2-6,13H2,1H3,(H2,14,15,16,17). The van der Waals surface area contributed by atoms with Crippen molar-refractivity contribution >= 4 is 11.6 Å². The highest BCUT2D eigenvalue weighted by molar-refractivity contribution is 5.46. The van der Waals surface area contributed by atoms with Crippen molar-refractivity contribution in [2.75, 3.05) is 17.2 Å². The van der Waals surface area contributed by atoms with Gasteiger partial charge in [-0.3, -0.25) is 0 Å². The fourth-order valence-corrected chi connectivity index (χ4v) is 2.19. The van der Waals surface area contributed by atoms with E-state index in [0.717, 1.165) is 43.9 Å². The summed E-state index contributed by atoms with van der Waals surface area (Å²) in [5.74, 6) is 1.77. The molecule has 0 atom stereocenters. The van der Waals surface area contributed by atoms with E-state index in [1.807, 2.05) is 6.07 Å². The summed E-state index contributed by atoms with van der Waals surface area (Å²) in [6.07, 6.45) is 6.05. The SMILES string of the molecule is CCNc1cc(NC2CCC(N)CC2)ncn1. The van der Waals surface area contributed by atoms with Crippen LogP contribution in [0.3, 0.4) is 0 Å². The predicted molar refractivity (Wildman–Crippen MR) is 70.0 cm³/mol. The summed E-state index contributed by atoms with van der Waals surface area (Å²) in [5, 5.41) is 6.63. The summed E-state index contributed by atoms with van der Waals surface area (Å²) in [4.78, 5) is 8.39. The molecule has 5 nitrogen and oxygen atoms in total. The molecule has 4 N–H and O–H groups in total. The lowest BCUT2D eigenvalue weighted by atomic mass is 9.92. The van der Waals surface area contributed by atoms with Crippen molar-refractivity contribution in [2.24, 2.45) is 5.73 Å². The van der Waals surface area contributed by atoms with Crippen LogP contribution in [0.15, 0.2) is 12.4 Å². The second kappa shape index (κ2) is 5.82. The molecule has 17 heavy (non-hydrogen) atoms. The van der Waals surface area contributed by atoms with Crippen molar-refractivity contribution in [3.05, 3.63) is 12.4 Å². The molecule has 0 amide bonds. The Labute approximate surface area is 102 Å². The molecule has 1 heterocycles. The number of anilines is 2. The molecular weight excluding hydrogens is 214 g/mol. The van der Waals surface area contributed by atoms with E-state index in [0.29, 0.717) is 12.1 Å². The number of rotatable bonds is 4. The van der Waals surface area contributed by atoms with E-state index in [1.54, 1.807) is 6.33 Å². The monoisotopic (exact) mass is 235 g/mol. The highest BCUT2D eigenvalue weighted by Crippen LogP contribution is 2.20. The van der Waals surface area contributed by atoms with Gasteiger partial charge in [-0.1, -0.05) is 0 Å². The fraction of sp³-hybridized carbons (Fsp3) is 0.667. The normalized spacial score (nSPS) is 24.4. The van der Waals surface area contributed by atoms with Gasteiger partial charge in [-0.15, -0.1) is 0 Å². The van der Waals surface area contributed by atoms with Gasteiger partial charge in [-0.2, -0.15) is 0 Å². The summed E-state index contributed by atoms with van der Waals surface area (Å²) in [5.41, 5.74) is 5.89. The lowest BCUT2D eigenvalue weighted by molar-refractivity contribution is 0.410. The number of hydrogen-bond donors (Lipinski definition) is 3. The predicted octanol–water partition coefficient (Wildman–Crippen LogP) is 1.59. The van der Waals surface area contributed by atoms with Gasteiger partial charge in [-0.25, -0.2) is 9.97 Å². The lowest BCUT2D eigenvalue weighted by Gasteiger charge is -2.27. The molecule has 2 rings (SSSR count). The maximum atomic E-state index is 5.89. The number of nitrogens with zero attached hydrogens (tertiary/aromatic N) is 2. The Morgan fingerprint density at radius 1 is 1.24 bits per heavy atom. The molecule has 1 aromatic heterocycles. The molecule has 0 spiro atoms. The minimum atomic E-state index is 0.385. The maximum Gasteiger partial charge on any atom is 0.131 e. The molecule has 5 heteroatoms. The van der Waals surface area contributed by atoms with Gasteiger partial charge in [0.25, 0.3) is 0 Å². The largest absolute Gasteiger partial charge is 0.370 e. The van der Waals surface area contributed by atoms with E-state index < -0.39 is 0 Å². The molecule has 1 aliphatic carbocycles. The van der Waals surface area contributed by atoms with Crippen LogP contribution < -0.4 is 16.4 Å². The number of hydrogen-bond acceptors (Lipinski definition) is 5. The van der Waals surface area contributed by atoms with Crippen molar-refractivity contribution in [2.45, 2.75) is 44.7 Å². The minimum Gasteiger partial charge on any atom is -0.370 e. The molecular formula is C12H21N5. The first-order chi connectivity index (χ1) is 8.28. The Bertz CT molecular complexity index is 347. The average molecular weight is 235 g/mol. The van der Waals surface area contributed by atoms with Crippen LogP contribution in [-0.4, -0.2) is 28.6 Å². The Kier molecular flexibility index (Phi) is 4.14. The summed E-state index contributed by atoms with van der Waals surface area (Å²) in [6, 6.07) is 2.84. The van der Waals surface area contributed by atoms with Crippen LogP contribution in [0, 0.1) is 0 Å². The number of aromatic nitrogens is 2. The molecule has 1 saturated carbocycles. The molecule has 0 aromatic carbocycles. The zero-order chi connectivity index (χ0) is 12.1. The van der Waals surface area contributed by atoms with E-state index in [-0.39, 0.29) is 0 Å². The minimum absolute atomic E-state index is 0.385. The molecule has 0 unspecified atom stereocenters. The van der Waals surface area contributed by atoms with Crippen molar-refractivity contribution in [3.8, 4) is 0 Å². The van der Waals surface area contributed by atoms with Gasteiger partial charge in [0, 0.05) is 24.7 Å². The molecule has 0 radical (unpaired) electrons. The lowest BCUT2D eigenvalue weighted by Crippen LogP contribution is -2.33.